The highest BCUT2D eigenvalue weighted by Gasteiger charge is 2.25. The van der Waals surface area contributed by atoms with Gasteiger partial charge in [-0.1, -0.05) is 13.3 Å². The molecule has 0 aliphatic carbocycles. The highest BCUT2D eigenvalue weighted by Crippen LogP contribution is 2.23. The van der Waals surface area contributed by atoms with Crippen LogP contribution in [-0.4, -0.2) is 30.1 Å². The summed E-state index contributed by atoms with van der Waals surface area (Å²) in [5, 5.41) is 0. The molecule has 2 N–H and O–H groups in total. The Balaban J connectivity index is 2.39. The van der Waals surface area contributed by atoms with Crippen molar-refractivity contribution in [3.05, 3.63) is 0 Å². The minimum Gasteiger partial charge on any atom is -0.330 e. The van der Waals surface area contributed by atoms with Crippen molar-refractivity contribution in [1.29, 1.82) is 0 Å². The summed E-state index contributed by atoms with van der Waals surface area (Å²) in [5.41, 5.74) is 5.59. The third kappa shape index (κ3) is 3.25. The van der Waals surface area contributed by atoms with E-state index in [9.17, 15) is 0 Å². The highest BCUT2D eigenvalue weighted by atomic mass is 15.2. The van der Waals surface area contributed by atoms with Crippen molar-refractivity contribution in [2.24, 2.45) is 11.7 Å². The van der Waals surface area contributed by atoms with Crippen molar-refractivity contribution in [1.82, 2.24) is 4.90 Å². The van der Waals surface area contributed by atoms with Crippen LogP contribution in [0.5, 0.6) is 0 Å². The third-order valence-corrected chi connectivity index (χ3v) is 3.56. The number of rotatable bonds is 4. The van der Waals surface area contributed by atoms with Crippen molar-refractivity contribution < 1.29 is 0 Å². The first-order valence-corrected chi connectivity index (χ1v) is 6.11. The second kappa shape index (κ2) is 5.72. The molecule has 0 radical (unpaired) electrons. The molecule has 1 heterocycles. The first-order valence-electron chi connectivity index (χ1n) is 6.11. The van der Waals surface area contributed by atoms with Crippen LogP contribution in [0.4, 0.5) is 0 Å². The second-order valence-electron chi connectivity index (χ2n) is 5.01. The van der Waals surface area contributed by atoms with Gasteiger partial charge >= 0.3 is 0 Å². The molecular formula is C12H26N2. The summed E-state index contributed by atoms with van der Waals surface area (Å²) in [6.45, 7) is 9.12. The van der Waals surface area contributed by atoms with Crippen molar-refractivity contribution in [2.75, 3.05) is 13.1 Å². The summed E-state index contributed by atoms with van der Waals surface area (Å²) in [4.78, 5) is 2.67. The fraction of sp³-hybridized carbons (Fsp3) is 1.00. The van der Waals surface area contributed by atoms with Gasteiger partial charge in [-0.15, -0.1) is 0 Å². The molecule has 3 atom stereocenters. The lowest BCUT2D eigenvalue weighted by Crippen LogP contribution is -2.45. The first-order chi connectivity index (χ1) is 6.65. The van der Waals surface area contributed by atoms with Crippen LogP contribution < -0.4 is 5.73 Å². The predicted octanol–water partition coefficient (Wildman–Crippen LogP) is 2.23. The van der Waals surface area contributed by atoms with Gasteiger partial charge in [-0.3, -0.25) is 4.90 Å². The number of piperidine rings is 1. The maximum absolute atomic E-state index is 5.59. The van der Waals surface area contributed by atoms with Crippen LogP contribution >= 0.6 is 0 Å². The van der Waals surface area contributed by atoms with E-state index in [2.05, 4.69) is 25.7 Å². The average molecular weight is 198 g/mol. The van der Waals surface area contributed by atoms with Crippen LogP contribution in [0.25, 0.3) is 0 Å². The Kier molecular flexibility index (Phi) is 4.90. The van der Waals surface area contributed by atoms with Crippen LogP contribution in [0.1, 0.15) is 46.5 Å². The van der Waals surface area contributed by atoms with Crippen LogP contribution in [-0.2, 0) is 0 Å². The molecule has 1 rings (SSSR count). The summed E-state index contributed by atoms with van der Waals surface area (Å²) in [6.07, 6.45) is 5.32. The molecule has 0 aromatic rings. The fourth-order valence-corrected chi connectivity index (χ4v) is 2.57. The van der Waals surface area contributed by atoms with E-state index < -0.39 is 0 Å². The minimum absolute atomic E-state index is 0.753. The maximum atomic E-state index is 5.59. The van der Waals surface area contributed by atoms with Crippen LogP contribution in [0.2, 0.25) is 0 Å². The quantitative estimate of drug-likeness (QED) is 0.750. The van der Waals surface area contributed by atoms with Gasteiger partial charge in [-0.05, 0) is 45.6 Å². The normalized spacial score (nSPS) is 31.7. The third-order valence-electron chi connectivity index (χ3n) is 3.56. The Morgan fingerprint density at radius 2 is 1.86 bits per heavy atom. The van der Waals surface area contributed by atoms with Crippen molar-refractivity contribution in [3.8, 4) is 0 Å². The summed E-state index contributed by atoms with van der Waals surface area (Å²) < 4.78 is 0. The fourth-order valence-electron chi connectivity index (χ4n) is 2.57. The molecule has 1 aliphatic rings. The topological polar surface area (TPSA) is 29.3 Å². The van der Waals surface area contributed by atoms with Gasteiger partial charge in [0.2, 0.25) is 0 Å². The average Bonchev–Trinajstić information content (AvgIpc) is 2.12. The summed E-state index contributed by atoms with van der Waals surface area (Å²) >= 11 is 0. The largest absolute Gasteiger partial charge is 0.330 e. The standard InChI is InChI=1S/C12H26N2/c1-10(7-8-13)9-14-11(2)5-4-6-12(14)3/h10-12H,4-9,13H2,1-3H3. The van der Waals surface area contributed by atoms with E-state index in [4.69, 9.17) is 5.73 Å². The van der Waals surface area contributed by atoms with E-state index in [0.717, 1.165) is 31.0 Å². The molecule has 0 amide bonds. The monoisotopic (exact) mass is 198 g/mol. The van der Waals surface area contributed by atoms with E-state index in [1.54, 1.807) is 0 Å². The van der Waals surface area contributed by atoms with Gasteiger partial charge in [0.25, 0.3) is 0 Å². The number of likely N-dealkylation sites (tertiary alicyclic amines) is 1. The molecule has 1 fully saturated rings. The van der Waals surface area contributed by atoms with Gasteiger partial charge in [0.1, 0.15) is 0 Å². The van der Waals surface area contributed by atoms with Crippen LogP contribution in [0.15, 0.2) is 0 Å². The van der Waals surface area contributed by atoms with Crippen LogP contribution in [0, 0.1) is 5.92 Å². The van der Waals surface area contributed by atoms with E-state index in [0.29, 0.717) is 0 Å². The minimum atomic E-state index is 0.753. The lowest BCUT2D eigenvalue weighted by molar-refractivity contribution is 0.0857. The molecule has 1 saturated heterocycles. The number of hydrogen-bond acceptors (Lipinski definition) is 2. The SMILES string of the molecule is CC(CCN)CN1C(C)CCCC1C. The Morgan fingerprint density at radius 1 is 1.29 bits per heavy atom. The van der Waals surface area contributed by atoms with Gasteiger partial charge in [-0.25, -0.2) is 0 Å². The Labute approximate surface area is 88.8 Å². The highest BCUT2D eigenvalue weighted by molar-refractivity contribution is 4.80. The lowest BCUT2D eigenvalue weighted by atomic mass is 9.95. The van der Waals surface area contributed by atoms with E-state index >= 15 is 0 Å². The van der Waals surface area contributed by atoms with Gasteiger partial charge in [0, 0.05) is 18.6 Å². The summed E-state index contributed by atoms with van der Waals surface area (Å²) in [6, 6.07) is 1.55. The zero-order valence-electron chi connectivity index (χ0n) is 10.00. The number of nitrogens with zero attached hydrogens (tertiary/aromatic N) is 1. The smallest absolute Gasteiger partial charge is 0.00698 e. The van der Waals surface area contributed by atoms with Gasteiger partial charge in [0.05, 0.1) is 0 Å². The Morgan fingerprint density at radius 3 is 2.36 bits per heavy atom. The van der Waals surface area contributed by atoms with Crippen molar-refractivity contribution in [3.63, 3.8) is 0 Å². The molecule has 2 nitrogen and oxygen atoms in total. The van der Waals surface area contributed by atoms with Crippen molar-refractivity contribution in [2.45, 2.75) is 58.5 Å². The summed E-state index contributed by atoms with van der Waals surface area (Å²) in [5.74, 6) is 0.753. The van der Waals surface area contributed by atoms with Gasteiger partial charge in [-0.2, -0.15) is 0 Å². The zero-order chi connectivity index (χ0) is 10.6. The molecule has 3 unspecified atom stereocenters. The van der Waals surface area contributed by atoms with Crippen LogP contribution in [0.3, 0.4) is 0 Å². The van der Waals surface area contributed by atoms with Gasteiger partial charge < -0.3 is 5.73 Å². The maximum Gasteiger partial charge on any atom is 0.00698 e. The molecule has 2 heteroatoms. The second-order valence-corrected chi connectivity index (χ2v) is 5.01. The predicted molar refractivity (Wildman–Crippen MR) is 62.3 cm³/mol. The first kappa shape index (κ1) is 12.0. The molecule has 0 aromatic carbocycles. The molecule has 0 aromatic heterocycles. The Bertz CT molecular complexity index is 148. The Hall–Kier alpha value is -0.0800. The molecule has 0 spiro atoms. The molecule has 84 valence electrons. The van der Waals surface area contributed by atoms with Gasteiger partial charge in [0.15, 0.2) is 0 Å². The molecule has 1 aliphatic heterocycles. The molecular weight excluding hydrogens is 172 g/mol. The van der Waals surface area contributed by atoms with Crippen molar-refractivity contribution >= 4 is 0 Å². The summed E-state index contributed by atoms with van der Waals surface area (Å²) in [7, 11) is 0. The molecule has 0 bridgehead atoms. The lowest BCUT2D eigenvalue weighted by Gasteiger charge is -2.40. The van der Waals surface area contributed by atoms with E-state index in [-0.39, 0.29) is 0 Å². The zero-order valence-corrected chi connectivity index (χ0v) is 10.00. The number of hydrogen-bond donors (Lipinski definition) is 1. The molecule has 14 heavy (non-hydrogen) atoms. The molecule has 0 saturated carbocycles. The van der Waals surface area contributed by atoms with E-state index in [1.165, 1.54) is 25.8 Å². The van der Waals surface area contributed by atoms with E-state index in [1.807, 2.05) is 0 Å². The number of nitrogens with two attached hydrogens (primary N) is 1.